The Morgan fingerprint density at radius 1 is 1.00 bits per heavy atom. The van der Waals surface area contributed by atoms with Gasteiger partial charge in [-0.1, -0.05) is 12.8 Å². The molecule has 1 saturated carbocycles. The van der Waals surface area contributed by atoms with Crippen LogP contribution in [0.4, 0.5) is 0 Å². The van der Waals surface area contributed by atoms with Gasteiger partial charge >= 0.3 is 0 Å². The zero-order chi connectivity index (χ0) is 12.7. The van der Waals surface area contributed by atoms with E-state index in [1.165, 1.54) is 0 Å². The Morgan fingerprint density at radius 2 is 1.61 bits per heavy atom. The van der Waals surface area contributed by atoms with Crippen molar-refractivity contribution in [2.24, 2.45) is 11.8 Å². The molecule has 4 atom stereocenters. The van der Waals surface area contributed by atoms with Gasteiger partial charge in [0.15, 0.2) is 0 Å². The number of piperidine rings is 1. The predicted octanol–water partition coefficient (Wildman–Crippen LogP) is 1.30. The summed E-state index contributed by atoms with van der Waals surface area (Å²) >= 11 is 0. The van der Waals surface area contributed by atoms with Crippen molar-refractivity contribution in [1.29, 1.82) is 0 Å². The lowest BCUT2D eigenvalue weighted by Gasteiger charge is -2.35. The van der Waals surface area contributed by atoms with Crippen LogP contribution in [-0.2, 0) is 9.59 Å². The summed E-state index contributed by atoms with van der Waals surface area (Å²) in [5, 5.41) is 3.39. The average Bonchev–Trinajstić information content (AvgIpc) is 2.64. The summed E-state index contributed by atoms with van der Waals surface area (Å²) in [6.07, 6.45) is 6.06. The standard InChI is InChI=1S/C14H22N2O2/c1-9-12(7-4-8-15-9)16-13(17)10-5-2-3-6-11(10)14(16)18/h9-12,15H,2-8H2,1H3. The van der Waals surface area contributed by atoms with Crippen LogP contribution in [0.2, 0.25) is 0 Å². The van der Waals surface area contributed by atoms with Crippen LogP contribution in [0.1, 0.15) is 45.4 Å². The molecule has 0 bridgehead atoms. The summed E-state index contributed by atoms with van der Waals surface area (Å²) in [6.45, 7) is 3.09. The second-order valence-electron chi connectivity index (χ2n) is 6.00. The summed E-state index contributed by atoms with van der Waals surface area (Å²) < 4.78 is 0. The highest BCUT2D eigenvalue weighted by Gasteiger charge is 2.51. The van der Waals surface area contributed by atoms with Crippen LogP contribution in [0.15, 0.2) is 0 Å². The fourth-order valence-electron chi connectivity index (χ4n) is 3.89. The molecule has 4 nitrogen and oxygen atoms in total. The Labute approximate surface area is 108 Å². The molecule has 2 aliphatic heterocycles. The monoisotopic (exact) mass is 250 g/mol. The molecule has 2 saturated heterocycles. The third-order valence-corrected chi connectivity index (χ3v) is 4.93. The van der Waals surface area contributed by atoms with Gasteiger partial charge in [-0.15, -0.1) is 0 Å². The summed E-state index contributed by atoms with van der Waals surface area (Å²) in [6, 6.07) is 0.330. The molecule has 2 heterocycles. The second kappa shape index (κ2) is 4.65. The van der Waals surface area contributed by atoms with Crippen LogP contribution in [0.3, 0.4) is 0 Å². The van der Waals surface area contributed by atoms with E-state index in [4.69, 9.17) is 0 Å². The van der Waals surface area contributed by atoms with Gasteiger partial charge < -0.3 is 5.32 Å². The molecule has 0 aromatic rings. The van der Waals surface area contributed by atoms with Crippen molar-refractivity contribution in [2.75, 3.05) is 6.54 Å². The average molecular weight is 250 g/mol. The number of rotatable bonds is 1. The van der Waals surface area contributed by atoms with E-state index in [1.807, 2.05) is 0 Å². The molecule has 0 aromatic heterocycles. The predicted molar refractivity (Wildman–Crippen MR) is 67.8 cm³/mol. The van der Waals surface area contributed by atoms with Crippen molar-refractivity contribution in [3.63, 3.8) is 0 Å². The first-order valence-corrected chi connectivity index (χ1v) is 7.30. The molecule has 18 heavy (non-hydrogen) atoms. The smallest absolute Gasteiger partial charge is 0.233 e. The quantitative estimate of drug-likeness (QED) is 0.714. The number of hydrogen-bond donors (Lipinski definition) is 1. The van der Waals surface area contributed by atoms with Gasteiger partial charge in [-0.2, -0.15) is 0 Å². The largest absolute Gasteiger partial charge is 0.312 e. The zero-order valence-corrected chi connectivity index (χ0v) is 11.0. The van der Waals surface area contributed by atoms with Crippen LogP contribution in [0.5, 0.6) is 0 Å². The fourth-order valence-corrected chi connectivity index (χ4v) is 3.89. The molecule has 0 radical (unpaired) electrons. The van der Waals surface area contributed by atoms with Crippen LogP contribution in [0.25, 0.3) is 0 Å². The first-order valence-electron chi connectivity index (χ1n) is 7.30. The van der Waals surface area contributed by atoms with Crippen molar-refractivity contribution < 1.29 is 9.59 Å². The lowest BCUT2D eigenvalue weighted by atomic mass is 9.81. The maximum Gasteiger partial charge on any atom is 0.233 e. The molecule has 3 fully saturated rings. The number of nitrogens with one attached hydrogen (secondary N) is 1. The second-order valence-corrected chi connectivity index (χ2v) is 6.00. The number of nitrogens with zero attached hydrogens (tertiary/aromatic N) is 1. The summed E-state index contributed by atoms with van der Waals surface area (Å²) in [7, 11) is 0. The summed E-state index contributed by atoms with van der Waals surface area (Å²) in [4.78, 5) is 26.6. The van der Waals surface area contributed by atoms with Crippen molar-refractivity contribution in [3.8, 4) is 0 Å². The number of imide groups is 1. The number of carbonyl (C=O) groups is 2. The maximum atomic E-state index is 12.5. The van der Waals surface area contributed by atoms with Crippen molar-refractivity contribution in [2.45, 2.75) is 57.5 Å². The van der Waals surface area contributed by atoms with Gasteiger partial charge in [-0.05, 0) is 39.2 Å². The van der Waals surface area contributed by atoms with Gasteiger partial charge in [0, 0.05) is 6.04 Å². The van der Waals surface area contributed by atoms with Gasteiger partial charge in [0.05, 0.1) is 17.9 Å². The highest BCUT2D eigenvalue weighted by atomic mass is 16.2. The van der Waals surface area contributed by atoms with Crippen molar-refractivity contribution in [3.05, 3.63) is 0 Å². The molecule has 1 aliphatic carbocycles. The topological polar surface area (TPSA) is 49.4 Å². The number of amides is 2. The van der Waals surface area contributed by atoms with Crippen LogP contribution >= 0.6 is 0 Å². The Hall–Kier alpha value is -0.900. The summed E-state index contributed by atoms with van der Waals surface area (Å²) in [5.41, 5.74) is 0. The lowest BCUT2D eigenvalue weighted by molar-refractivity contribution is -0.143. The minimum absolute atomic E-state index is 0.000349. The molecule has 2 amide bonds. The SMILES string of the molecule is CC1NCCCC1N1C(=O)C2CCCCC2C1=O. The fraction of sp³-hybridized carbons (Fsp3) is 0.857. The molecule has 1 N–H and O–H groups in total. The van der Waals surface area contributed by atoms with E-state index in [0.29, 0.717) is 0 Å². The molecule has 3 rings (SSSR count). The molecule has 3 aliphatic rings. The highest BCUT2D eigenvalue weighted by Crippen LogP contribution is 2.39. The minimum atomic E-state index is 0.000349. The first-order chi connectivity index (χ1) is 8.70. The van der Waals surface area contributed by atoms with E-state index < -0.39 is 0 Å². The Kier molecular flexibility index (Phi) is 3.14. The Balaban J connectivity index is 1.83. The van der Waals surface area contributed by atoms with E-state index in [9.17, 15) is 9.59 Å². The van der Waals surface area contributed by atoms with E-state index in [-0.39, 0.29) is 35.7 Å². The summed E-state index contributed by atoms with van der Waals surface area (Å²) in [5.74, 6) is 0.233. The molecule has 100 valence electrons. The van der Waals surface area contributed by atoms with E-state index in [0.717, 1.165) is 45.1 Å². The number of fused-ring (bicyclic) bond motifs is 1. The molecule has 0 spiro atoms. The van der Waals surface area contributed by atoms with Gasteiger partial charge in [-0.3, -0.25) is 14.5 Å². The van der Waals surface area contributed by atoms with Gasteiger partial charge in [0.25, 0.3) is 0 Å². The van der Waals surface area contributed by atoms with Crippen molar-refractivity contribution in [1.82, 2.24) is 10.2 Å². The lowest BCUT2D eigenvalue weighted by Crippen LogP contribution is -2.54. The van der Waals surface area contributed by atoms with Crippen LogP contribution < -0.4 is 5.32 Å². The Morgan fingerprint density at radius 3 is 2.17 bits per heavy atom. The van der Waals surface area contributed by atoms with Gasteiger partial charge in [0.2, 0.25) is 11.8 Å². The molecule has 0 aromatic carbocycles. The normalized spacial score (nSPS) is 41.1. The zero-order valence-electron chi connectivity index (χ0n) is 11.0. The number of hydrogen-bond acceptors (Lipinski definition) is 3. The first kappa shape index (κ1) is 12.2. The molecule has 4 unspecified atom stereocenters. The van der Waals surface area contributed by atoms with E-state index >= 15 is 0 Å². The molecular formula is C14H22N2O2. The van der Waals surface area contributed by atoms with Gasteiger partial charge in [-0.25, -0.2) is 0 Å². The molecular weight excluding hydrogens is 228 g/mol. The number of likely N-dealkylation sites (tertiary alicyclic amines) is 1. The third-order valence-electron chi connectivity index (χ3n) is 4.93. The van der Waals surface area contributed by atoms with Crippen LogP contribution in [0, 0.1) is 11.8 Å². The van der Waals surface area contributed by atoms with Crippen molar-refractivity contribution >= 4 is 11.8 Å². The maximum absolute atomic E-state index is 12.5. The van der Waals surface area contributed by atoms with Crippen LogP contribution in [-0.4, -0.2) is 35.3 Å². The van der Waals surface area contributed by atoms with E-state index in [1.54, 1.807) is 4.90 Å². The third kappa shape index (κ3) is 1.78. The van der Waals surface area contributed by atoms with Gasteiger partial charge in [0.1, 0.15) is 0 Å². The number of carbonyl (C=O) groups excluding carboxylic acids is 2. The van der Waals surface area contributed by atoms with E-state index in [2.05, 4.69) is 12.2 Å². The molecule has 4 heteroatoms. The Bertz CT molecular complexity index is 345. The minimum Gasteiger partial charge on any atom is -0.312 e. The highest BCUT2D eigenvalue weighted by molar-refractivity contribution is 6.05.